The first-order valence-corrected chi connectivity index (χ1v) is 13.7. The Kier molecular flexibility index (Phi) is 8.94. The van der Waals surface area contributed by atoms with Crippen molar-refractivity contribution in [2.45, 2.75) is 13.0 Å². The summed E-state index contributed by atoms with van der Waals surface area (Å²) in [6.45, 7) is 1.41. The lowest BCUT2D eigenvalue weighted by Gasteiger charge is -2.35. The van der Waals surface area contributed by atoms with Crippen molar-refractivity contribution in [2.75, 3.05) is 31.1 Å². The molecule has 1 saturated heterocycles. The summed E-state index contributed by atoms with van der Waals surface area (Å²) >= 11 is 0. The summed E-state index contributed by atoms with van der Waals surface area (Å²) in [5.74, 6) is -6.62. The van der Waals surface area contributed by atoms with Gasteiger partial charge in [-0.2, -0.15) is 0 Å². The van der Waals surface area contributed by atoms with Gasteiger partial charge in [0.15, 0.2) is 0 Å². The average Bonchev–Trinajstić information content (AvgIpc) is 3.01. The van der Waals surface area contributed by atoms with Crippen LogP contribution in [-0.2, 0) is 22.6 Å². The van der Waals surface area contributed by atoms with E-state index in [1.807, 2.05) is 30.3 Å². The number of aliphatic hydroxyl groups excluding tert-OH is 1. The number of nitrogens with zero attached hydrogens (tertiary/aromatic N) is 3. The molecular weight excluding hydrogens is 578 g/mol. The van der Waals surface area contributed by atoms with Crippen molar-refractivity contribution in [2.24, 2.45) is 0 Å². The highest BCUT2D eigenvalue weighted by atomic mass is 19.1. The van der Waals surface area contributed by atoms with Gasteiger partial charge in [0.1, 0.15) is 29.0 Å². The molecule has 7 nitrogen and oxygen atoms in total. The van der Waals surface area contributed by atoms with E-state index in [9.17, 15) is 37.1 Å². The molecule has 1 aromatic heterocycles. The summed E-state index contributed by atoms with van der Waals surface area (Å²) in [7, 11) is 0. The molecule has 1 amide bonds. The Balaban J connectivity index is 1.41. The van der Waals surface area contributed by atoms with Crippen LogP contribution in [-0.4, -0.2) is 52.4 Å². The minimum atomic E-state index is -1.15. The second-order valence-corrected chi connectivity index (χ2v) is 10.4. The van der Waals surface area contributed by atoms with Gasteiger partial charge >= 0.3 is 0 Å². The molecule has 4 aromatic rings. The molecule has 1 fully saturated rings. The highest BCUT2D eigenvalue weighted by Gasteiger charge is 2.26. The maximum atomic E-state index is 14.4. The van der Waals surface area contributed by atoms with E-state index < -0.39 is 63.8 Å². The van der Waals surface area contributed by atoms with Crippen molar-refractivity contribution in [1.82, 2.24) is 9.47 Å². The molecule has 11 heteroatoms. The van der Waals surface area contributed by atoms with Crippen LogP contribution in [0.4, 0.5) is 23.2 Å². The minimum absolute atomic E-state index is 0.111. The third kappa shape index (κ3) is 6.88. The highest BCUT2D eigenvalue weighted by Crippen LogP contribution is 2.21. The number of para-hydroxylation sites is 1. The van der Waals surface area contributed by atoms with E-state index in [2.05, 4.69) is 4.90 Å². The van der Waals surface area contributed by atoms with E-state index in [4.69, 9.17) is 0 Å². The minimum Gasteiger partial charge on any atom is -0.507 e. The van der Waals surface area contributed by atoms with Crippen LogP contribution in [0.1, 0.15) is 22.3 Å². The van der Waals surface area contributed by atoms with Crippen molar-refractivity contribution in [3.8, 4) is 0 Å². The molecule has 2 heterocycles. The van der Waals surface area contributed by atoms with Gasteiger partial charge < -0.3 is 19.5 Å². The average molecular weight is 606 g/mol. The van der Waals surface area contributed by atoms with Crippen LogP contribution in [0.2, 0.25) is 0 Å². The van der Waals surface area contributed by atoms with Crippen molar-refractivity contribution in [1.29, 1.82) is 0 Å². The molecule has 0 atom stereocenters. The van der Waals surface area contributed by atoms with Crippen LogP contribution < -0.4 is 10.5 Å². The number of anilines is 1. The van der Waals surface area contributed by atoms with E-state index >= 15 is 0 Å². The van der Waals surface area contributed by atoms with Gasteiger partial charge in [-0.05, 0) is 41.5 Å². The van der Waals surface area contributed by atoms with Crippen LogP contribution in [0.3, 0.4) is 0 Å². The van der Waals surface area contributed by atoms with E-state index in [1.54, 1.807) is 0 Å². The largest absolute Gasteiger partial charge is 0.507 e. The first-order chi connectivity index (χ1) is 21.1. The number of amides is 1. The number of carbonyl (C=O) groups is 2. The van der Waals surface area contributed by atoms with E-state index in [-0.39, 0.29) is 25.2 Å². The first kappa shape index (κ1) is 30.3. The predicted molar refractivity (Wildman–Crippen MR) is 156 cm³/mol. The van der Waals surface area contributed by atoms with E-state index in [0.717, 1.165) is 16.3 Å². The van der Waals surface area contributed by atoms with Crippen LogP contribution >= 0.6 is 0 Å². The number of hydrogen-bond acceptors (Lipinski definition) is 5. The first-order valence-electron chi connectivity index (χ1n) is 13.7. The molecular formula is C33H27F4N3O4. The molecule has 1 N–H and O–H groups in total. The number of aromatic nitrogens is 1. The van der Waals surface area contributed by atoms with Crippen molar-refractivity contribution >= 4 is 23.1 Å². The molecule has 1 aliphatic rings. The third-order valence-electron chi connectivity index (χ3n) is 7.34. The molecule has 3 aromatic carbocycles. The van der Waals surface area contributed by atoms with Crippen molar-refractivity contribution in [3.63, 3.8) is 0 Å². The highest BCUT2D eigenvalue weighted by molar-refractivity contribution is 6.41. The maximum absolute atomic E-state index is 14.4. The van der Waals surface area contributed by atoms with Crippen LogP contribution in [0.25, 0.3) is 5.76 Å². The number of aliphatic hydroxyl groups is 1. The van der Waals surface area contributed by atoms with Gasteiger partial charge in [-0.1, -0.05) is 30.3 Å². The fourth-order valence-electron chi connectivity index (χ4n) is 5.05. The summed E-state index contributed by atoms with van der Waals surface area (Å²) in [4.78, 5) is 42.6. The van der Waals surface area contributed by atoms with Crippen molar-refractivity contribution in [3.05, 3.63) is 141 Å². The number of benzene rings is 3. The van der Waals surface area contributed by atoms with Crippen LogP contribution in [0, 0.1) is 23.3 Å². The van der Waals surface area contributed by atoms with E-state index in [1.165, 1.54) is 35.4 Å². The Morgan fingerprint density at radius 2 is 1.43 bits per heavy atom. The topological polar surface area (TPSA) is 82.8 Å². The number of ketones is 1. The summed E-state index contributed by atoms with van der Waals surface area (Å²) < 4.78 is 56.9. The van der Waals surface area contributed by atoms with Gasteiger partial charge in [0.05, 0.1) is 12.1 Å². The Hall–Kier alpha value is -5.19. The smallest absolute Gasteiger partial charge is 0.294 e. The number of carbonyl (C=O) groups excluding carboxylic acids is 2. The molecule has 0 bridgehead atoms. The molecule has 226 valence electrons. The monoisotopic (exact) mass is 605 g/mol. The van der Waals surface area contributed by atoms with Crippen LogP contribution in [0.15, 0.2) is 89.9 Å². The number of rotatable bonds is 8. The molecule has 1 aliphatic heterocycles. The Labute approximate surface area is 249 Å². The number of pyridine rings is 1. The lowest BCUT2D eigenvalue weighted by molar-refractivity contribution is -0.142. The zero-order valence-electron chi connectivity index (χ0n) is 23.4. The number of hydrogen-bond donors (Lipinski definition) is 1. The summed E-state index contributed by atoms with van der Waals surface area (Å²) in [6, 6.07) is 17.0. The molecule has 0 spiro atoms. The zero-order valence-corrected chi connectivity index (χ0v) is 23.4. The molecule has 0 saturated carbocycles. The molecule has 0 aliphatic carbocycles. The maximum Gasteiger partial charge on any atom is 0.294 e. The van der Waals surface area contributed by atoms with Crippen LogP contribution in [0.5, 0.6) is 0 Å². The number of piperazine rings is 1. The molecule has 44 heavy (non-hydrogen) atoms. The Bertz CT molecular complexity index is 1760. The zero-order chi connectivity index (χ0) is 31.4. The van der Waals surface area contributed by atoms with Gasteiger partial charge in [-0.15, -0.1) is 0 Å². The summed E-state index contributed by atoms with van der Waals surface area (Å²) in [5, 5.41) is 10.9. The third-order valence-corrected chi connectivity index (χ3v) is 7.34. The SMILES string of the molecule is O=C(C=C(O)c1cc(Cc2c(F)cc(F)cc2F)cn(Cc2ccc(F)cc2)c1=O)C(=O)N1CCN(c2ccccc2)CC1. The second kappa shape index (κ2) is 13.0. The predicted octanol–water partition coefficient (Wildman–Crippen LogP) is 4.86. The van der Waals surface area contributed by atoms with Gasteiger partial charge in [0.25, 0.3) is 11.5 Å². The Morgan fingerprint density at radius 3 is 2.07 bits per heavy atom. The van der Waals surface area contributed by atoms with Crippen molar-refractivity contribution < 1.29 is 32.3 Å². The second-order valence-electron chi connectivity index (χ2n) is 10.4. The van der Waals surface area contributed by atoms with E-state index in [0.29, 0.717) is 36.9 Å². The van der Waals surface area contributed by atoms with Gasteiger partial charge in [-0.25, -0.2) is 17.6 Å². The number of halogens is 4. The van der Waals surface area contributed by atoms with Gasteiger partial charge in [-0.3, -0.25) is 14.4 Å². The van der Waals surface area contributed by atoms with Gasteiger partial charge in [0, 0.05) is 68.3 Å². The molecule has 0 unspecified atom stereocenters. The fourth-order valence-corrected chi connectivity index (χ4v) is 5.05. The standard InChI is InChI=1S/C33H27F4N3O4/c34-23-8-6-21(7-9-23)19-40-20-22(14-26-28(36)16-24(35)17-29(26)37)15-27(32(40)43)30(41)18-31(42)33(44)39-12-10-38(11-13-39)25-4-2-1-3-5-25/h1-9,15-18,20,41H,10-14,19H2. The normalized spacial score (nSPS) is 13.7. The van der Waals surface area contributed by atoms with Gasteiger partial charge in [0.2, 0.25) is 5.78 Å². The lowest BCUT2D eigenvalue weighted by Crippen LogP contribution is -2.50. The quantitative estimate of drug-likeness (QED) is 0.134. The fraction of sp³-hybridized carbons (Fsp3) is 0.182. The summed E-state index contributed by atoms with van der Waals surface area (Å²) in [6.07, 6.45) is 1.51. The molecule has 5 rings (SSSR count). The molecule has 0 radical (unpaired) electrons. The summed E-state index contributed by atoms with van der Waals surface area (Å²) in [5.41, 5.74) is -0.0254. The Morgan fingerprint density at radius 1 is 0.795 bits per heavy atom. The lowest BCUT2D eigenvalue weighted by atomic mass is 10.0.